The molecular weight excluding hydrogens is 492 g/mol. The van der Waals surface area contributed by atoms with E-state index in [2.05, 4.69) is 9.71 Å². The van der Waals surface area contributed by atoms with Crippen LogP contribution in [-0.2, 0) is 19.6 Å². The molecule has 2 aromatic rings. The summed E-state index contributed by atoms with van der Waals surface area (Å²) in [7, 11) is -3.74. The van der Waals surface area contributed by atoms with Gasteiger partial charge >= 0.3 is 0 Å². The molecule has 0 aliphatic carbocycles. The molecule has 0 aromatic heterocycles. The molecule has 4 N–H and O–H groups in total. The van der Waals surface area contributed by atoms with Crippen LogP contribution in [0.4, 0.5) is 5.69 Å². The Hall–Kier alpha value is -3.05. The molecule has 0 unspecified atom stereocenters. The van der Waals surface area contributed by atoms with Gasteiger partial charge in [0.2, 0.25) is 15.9 Å². The molecule has 1 heterocycles. The highest BCUT2D eigenvalue weighted by atomic mass is 32.2. The van der Waals surface area contributed by atoms with E-state index in [0.29, 0.717) is 35.7 Å². The van der Waals surface area contributed by atoms with E-state index in [-0.39, 0.29) is 43.6 Å². The van der Waals surface area contributed by atoms with Crippen LogP contribution in [0.3, 0.4) is 0 Å². The number of aliphatic hydroxyl groups is 1. The van der Waals surface area contributed by atoms with Gasteiger partial charge in [0.1, 0.15) is 5.84 Å². The minimum Gasteiger partial charge on any atom is -0.394 e. The molecule has 0 saturated heterocycles. The first kappa shape index (κ1) is 28.5. The lowest BCUT2D eigenvalue weighted by Gasteiger charge is -2.22. The molecule has 9 nitrogen and oxygen atoms in total. The standard InChI is InChI=1S/C27H36N4O5S/c1-3-11-31(12-4-2)27(33)23-16-22-9-8-21(18-25(22)30-26(28)19-23)20-6-5-7-24(17-20)37(34,35)29-10-14-36-15-13-32/h5-9,16-18,29,32H,3-4,10-15,19H2,1-2H3,(H2,28,30). The first-order valence-corrected chi connectivity index (χ1v) is 14.0. The van der Waals surface area contributed by atoms with Crippen LogP contribution in [0, 0.1) is 0 Å². The maximum atomic E-state index is 13.2. The third-order valence-electron chi connectivity index (χ3n) is 5.80. The SMILES string of the molecule is CCCN(CCC)C(=O)C1=Cc2ccc(-c3cccc(S(=O)(=O)NCCOCCO)c3)cc2N=C(N)C1. The number of sulfonamides is 1. The minimum absolute atomic E-state index is 0.0223. The van der Waals surface area contributed by atoms with E-state index in [1.807, 2.05) is 49.1 Å². The second kappa shape index (κ2) is 13.5. The van der Waals surface area contributed by atoms with Crippen LogP contribution in [0.2, 0.25) is 0 Å². The first-order chi connectivity index (χ1) is 17.8. The van der Waals surface area contributed by atoms with Gasteiger partial charge in [-0.15, -0.1) is 0 Å². The molecule has 1 aliphatic rings. The minimum atomic E-state index is -3.74. The third kappa shape index (κ3) is 7.72. The molecule has 0 saturated carbocycles. The molecule has 0 radical (unpaired) electrons. The Morgan fingerprint density at radius 1 is 1.11 bits per heavy atom. The zero-order valence-corrected chi connectivity index (χ0v) is 22.3. The number of fused-ring (bicyclic) bond motifs is 1. The Balaban J connectivity index is 1.86. The van der Waals surface area contributed by atoms with Crippen molar-refractivity contribution >= 4 is 33.5 Å². The van der Waals surface area contributed by atoms with Crippen molar-refractivity contribution in [2.24, 2.45) is 10.7 Å². The van der Waals surface area contributed by atoms with Crippen molar-refractivity contribution in [3.63, 3.8) is 0 Å². The summed E-state index contributed by atoms with van der Waals surface area (Å²) in [5, 5.41) is 8.75. The largest absolute Gasteiger partial charge is 0.394 e. The fraction of sp³-hybridized carbons (Fsp3) is 0.407. The van der Waals surface area contributed by atoms with E-state index in [9.17, 15) is 13.2 Å². The Bertz CT molecular complexity index is 1250. The molecule has 0 spiro atoms. The molecule has 0 bridgehead atoms. The summed E-state index contributed by atoms with van der Waals surface area (Å²) in [6, 6.07) is 12.2. The number of carbonyl (C=O) groups is 1. The van der Waals surface area contributed by atoms with E-state index in [4.69, 9.17) is 15.6 Å². The molecule has 3 rings (SSSR count). The van der Waals surface area contributed by atoms with Crippen LogP contribution in [0.5, 0.6) is 0 Å². The van der Waals surface area contributed by atoms with Crippen molar-refractivity contribution in [1.82, 2.24) is 9.62 Å². The molecule has 1 aliphatic heterocycles. The summed E-state index contributed by atoms with van der Waals surface area (Å²) in [6.07, 6.45) is 3.88. The quantitative estimate of drug-likeness (QED) is 0.342. The highest BCUT2D eigenvalue weighted by Gasteiger charge is 2.21. The van der Waals surface area contributed by atoms with Gasteiger partial charge < -0.3 is 20.5 Å². The average Bonchev–Trinajstić information content (AvgIpc) is 3.05. The Kier molecular flexibility index (Phi) is 10.4. The lowest BCUT2D eigenvalue weighted by atomic mass is 10.0. The number of carbonyl (C=O) groups excluding carboxylic acids is 1. The van der Waals surface area contributed by atoms with E-state index < -0.39 is 10.0 Å². The summed E-state index contributed by atoms with van der Waals surface area (Å²) in [5.41, 5.74) is 9.71. The van der Waals surface area contributed by atoms with E-state index >= 15 is 0 Å². The lowest BCUT2D eigenvalue weighted by molar-refractivity contribution is -0.127. The number of aliphatic imine (C=N–C) groups is 1. The number of rotatable bonds is 13. The number of benzene rings is 2. The molecular formula is C27H36N4O5S. The van der Waals surface area contributed by atoms with Crippen LogP contribution < -0.4 is 10.5 Å². The number of nitrogens with zero attached hydrogens (tertiary/aromatic N) is 2. The van der Waals surface area contributed by atoms with E-state index in [0.717, 1.165) is 24.0 Å². The second-order valence-corrected chi connectivity index (χ2v) is 10.5. The van der Waals surface area contributed by atoms with Gasteiger partial charge in [-0.2, -0.15) is 0 Å². The molecule has 37 heavy (non-hydrogen) atoms. The molecule has 1 amide bonds. The summed E-state index contributed by atoms with van der Waals surface area (Å²) >= 11 is 0. The molecule has 10 heteroatoms. The van der Waals surface area contributed by atoms with Gasteiger partial charge in [0.25, 0.3) is 0 Å². The summed E-state index contributed by atoms with van der Waals surface area (Å²) in [4.78, 5) is 19.7. The highest BCUT2D eigenvalue weighted by molar-refractivity contribution is 7.89. The lowest BCUT2D eigenvalue weighted by Crippen LogP contribution is -2.34. The Morgan fingerprint density at radius 2 is 1.84 bits per heavy atom. The second-order valence-electron chi connectivity index (χ2n) is 8.78. The molecule has 0 atom stereocenters. The average molecular weight is 529 g/mol. The summed E-state index contributed by atoms with van der Waals surface area (Å²) in [6.45, 7) is 5.78. The number of nitrogens with one attached hydrogen (secondary N) is 1. The van der Waals surface area contributed by atoms with Gasteiger partial charge in [-0.05, 0) is 48.2 Å². The van der Waals surface area contributed by atoms with Gasteiger partial charge in [0.05, 0.1) is 30.4 Å². The summed E-state index contributed by atoms with van der Waals surface area (Å²) < 4.78 is 33.1. The third-order valence-corrected chi connectivity index (χ3v) is 7.26. The molecule has 0 fully saturated rings. The van der Waals surface area contributed by atoms with Crippen molar-refractivity contribution < 1.29 is 23.1 Å². The van der Waals surface area contributed by atoms with Crippen LogP contribution in [-0.4, -0.2) is 69.6 Å². The number of nitrogens with two attached hydrogens (primary N) is 1. The predicted octanol–water partition coefficient (Wildman–Crippen LogP) is 3.07. The Morgan fingerprint density at radius 3 is 2.54 bits per heavy atom. The van der Waals surface area contributed by atoms with Crippen molar-refractivity contribution in [2.75, 3.05) is 39.5 Å². The van der Waals surface area contributed by atoms with Crippen LogP contribution in [0.25, 0.3) is 17.2 Å². The molecule has 200 valence electrons. The van der Waals surface area contributed by atoms with Crippen LogP contribution in [0.1, 0.15) is 38.7 Å². The van der Waals surface area contributed by atoms with Crippen LogP contribution in [0.15, 0.2) is 57.9 Å². The number of hydrogen-bond donors (Lipinski definition) is 3. The van der Waals surface area contributed by atoms with Crippen LogP contribution >= 0.6 is 0 Å². The van der Waals surface area contributed by atoms with Crippen molar-refractivity contribution in [1.29, 1.82) is 0 Å². The van der Waals surface area contributed by atoms with Crippen molar-refractivity contribution in [3.8, 4) is 11.1 Å². The maximum absolute atomic E-state index is 13.2. The first-order valence-electron chi connectivity index (χ1n) is 12.5. The number of aliphatic hydroxyl groups excluding tert-OH is 1. The van der Waals surface area contributed by atoms with Gasteiger partial charge in [-0.1, -0.05) is 38.1 Å². The smallest absolute Gasteiger partial charge is 0.250 e. The maximum Gasteiger partial charge on any atom is 0.250 e. The monoisotopic (exact) mass is 528 g/mol. The van der Waals surface area contributed by atoms with Gasteiger partial charge in [0, 0.05) is 37.2 Å². The Labute approximate surface area is 219 Å². The number of amidine groups is 1. The zero-order valence-electron chi connectivity index (χ0n) is 21.4. The van der Waals surface area contributed by atoms with Crippen molar-refractivity contribution in [3.05, 3.63) is 53.6 Å². The van der Waals surface area contributed by atoms with E-state index in [1.165, 1.54) is 6.07 Å². The van der Waals surface area contributed by atoms with E-state index in [1.54, 1.807) is 12.1 Å². The summed E-state index contributed by atoms with van der Waals surface area (Å²) in [5.74, 6) is 0.332. The normalized spacial score (nSPS) is 13.4. The van der Waals surface area contributed by atoms with Crippen molar-refractivity contribution in [2.45, 2.75) is 38.0 Å². The highest BCUT2D eigenvalue weighted by Crippen LogP contribution is 2.32. The topological polar surface area (TPSA) is 134 Å². The fourth-order valence-corrected chi connectivity index (χ4v) is 5.16. The number of ether oxygens (including phenoxy) is 1. The fourth-order valence-electron chi connectivity index (χ4n) is 4.11. The zero-order chi connectivity index (χ0) is 26.8. The number of amides is 1. The van der Waals surface area contributed by atoms with Gasteiger partial charge in [0.15, 0.2) is 0 Å². The molecule has 2 aromatic carbocycles. The predicted molar refractivity (Wildman–Crippen MR) is 146 cm³/mol. The van der Waals surface area contributed by atoms with Gasteiger partial charge in [-0.3, -0.25) is 4.79 Å². The van der Waals surface area contributed by atoms with Gasteiger partial charge in [-0.25, -0.2) is 18.1 Å². The number of hydrogen-bond acceptors (Lipinski definition) is 7.